The van der Waals surface area contributed by atoms with E-state index in [0.717, 1.165) is 13.0 Å². The van der Waals surface area contributed by atoms with Crippen LogP contribution in [0.25, 0.3) is 0 Å². The summed E-state index contributed by atoms with van der Waals surface area (Å²) >= 11 is 0. The number of hydrogen-bond donors (Lipinski definition) is 1. The highest BCUT2D eigenvalue weighted by Gasteiger charge is 2.41. The number of ether oxygens (including phenoxy) is 1. The van der Waals surface area contributed by atoms with Crippen LogP contribution in [0, 0.1) is 5.92 Å². The lowest BCUT2D eigenvalue weighted by Crippen LogP contribution is -2.50. The molecule has 1 rings (SSSR count). The van der Waals surface area contributed by atoms with Crippen molar-refractivity contribution in [3.63, 3.8) is 0 Å². The number of carbonyl (C=O) groups excluding carboxylic acids is 1. The Morgan fingerprint density at radius 1 is 1.62 bits per heavy atom. The molecule has 1 aliphatic rings. The highest BCUT2D eigenvalue weighted by molar-refractivity contribution is 5.85. The fourth-order valence-electron chi connectivity index (χ4n) is 2.45. The van der Waals surface area contributed by atoms with Crippen molar-refractivity contribution in [1.82, 2.24) is 4.90 Å². The molecule has 2 N–H and O–H groups in total. The number of rotatable bonds is 3. The number of carbonyl (C=O) groups is 1. The molecule has 0 spiro atoms. The van der Waals surface area contributed by atoms with Crippen LogP contribution in [0.3, 0.4) is 0 Å². The molecule has 2 atom stereocenters. The van der Waals surface area contributed by atoms with Gasteiger partial charge in [-0.25, -0.2) is 0 Å². The van der Waals surface area contributed by atoms with Gasteiger partial charge in [-0.1, -0.05) is 6.92 Å². The Morgan fingerprint density at radius 2 is 2.19 bits per heavy atom. The molecule has 1 fully saturated rings. The number of nitrogens with zero attached hydrogens (tertiary/aromatic N) is 1. The van der Waals surface area contributed by atoms with Crippen molar-refractivity contribution in [3.05, 3.63) is 0 Å². The van der Waals surface area contributed by atoms with E-state index in [2.05, 4.69) is 20.8 Å². The Balaban J connectivity index is 0.00000225. The second-order valence-electron chi connectivity index (χ2n) is 5.03. The van der Waals surface area contributed by atoms with E-state index in [1.165, 1.54) is 7.11 Å². The lowest BCUT2D eigenvalue weighted by atomic mass is 9.97. The molecule has 96 valence electrons. The van der Waals surface area contributed by atoms with E-state index in [4.69, 9.17) is 10.5 Å². The monoisotopic (exact) mass is 250 g/mol. The van der Waals surface area contributed by atoms with Crippen molar-refractivity contribution in [2.45, 2.75) is 38.8 Å². The second kappa shape index (κ2) is 5.84. The first-order chi connectivity index (χ1) is 6.92. The first-order valence-electron chi connectivity index (χ1n) is 5.46. The molecule has 16 heavy (non-hydrogen) atoms. The van der Waals surface area contributed by atoms with Crippen LogP contribution in [0.4, 0.5) is 0 Å². The summed E-state index contributed by atoms with van der Waals surface area (Å²) in [6, 6.07) is 0. The SMILES string of the molecule is COC(CN)C(=O)N1CC(C)CC1(C)C.Cl. The smallest absolute Gasteiger partial charge is 0.253 e. The number of hydrogen-bond acceptors (Lipinski definition) is 3. The third-order valence-corrected chi connectivity index (χ3v) is 3.11. The van der Waals surface area contributed by atoms with Gasteiger partial charge < -0.3 is 15.4 Å². The Hall–Kier alpha value is -0.320. The fourth-order valence-corrected chi connectivity index (χ4v) is 2.45. The molecule has 1 saturated heterocycles. The first-order valence-corrected chi connectivity index (χ1v) is 5.46. The molecule has 1 aliphatic heterocycles. The molecule has 0 aromatic heterocycles. The van der Waals surface area contributed by atoms with E-state index in [-0.39, 0.29) is 30.4 Å². The molecule has 0 aromatic carbocycles. The lowest BCUT2D eigenvalue weighted by Gasteiger charge is -2.33. The van der Waals surface area contributed by atoms with Crippen LogP contribution < -0.4 is 5.73 Å². The van der Waals surface area contributed by atoms with Gasteiger partial charge in [0.2, 0.25) is 0 Å². The molecule has 2 unspecified atom stereocenters. The van der Waals surface area contributed by atoms with Gasteiger partial charge in [0.25, 0.3) is 5.91 Å². The maximum atomic E-state index is 12.1. The molecule has 0 aliphatic carbocycles. The predicted molar refractivity (Wildman–Crippen MR) is 66.7 cm³/mol. The molecule has 0 bridgehead atoms. The van der Waals surface area contributed by atoms with Gasteiger partial charge in [0.15, 0.2) is 0 Å². The summed E-state index contributed by atoms with van der Waals surface area (Å²) in [6.07, 6.45) is 0.550. The topological polar surface area (TPSA) is 55.6 Å². The summed E-state index contributed by atoms with van der Waals surface area (Å²) in [7, 11) is 1.53. The molecule has 4 nitrogen and oxygen atoms in total. The van der Waals surface area contributed by atoms with Gasteiger partial charge in [0, 0.05) is 25.7 Å². The Morgan fingerprint density at radius 3 is 2.50 bits per heavy atom. The summed E-state index contributed by atoms with van der Waals surface area (Å²) < 4.78 is 5.09. The minimum atomic E-state index is -0.491. The van der Waals surface area contributed by atoms with Gasteiger partial charge in [0.1, 0.15) is 6.10 Å². The fraction of sp³-hybridized carbons (Fsp3) is 0.909. The van der Waals surface area contributed by atoms with E-state index < -0.39 is 6.10 Å². The van der Waals surface area contributed by atoms with Gasteiger partial charge in [-0.2, -0.15) is 0 Å². The molecule has 5 heteroatoms. The van der Waals surface area contributed by atoms with Crippen molar-refractivity contribution < 1.29 is 9.53 Å². The number of nitrogens with two attached hydrogens (primary N) is 1. The van der Waals surface area contributed by atoms with Crippen molar-refractivity contribution in [3.8, 4) is 0 Å². The van der Waals surface area contributed by atoms with Crippen molar-refractivity contribution >= 4 is 18.3 Å². The summed E-state index contributed by atoms with van der Waals surface area (Å²) in [5.41, 5.74) is 5.44. The standard InChI is InChI=1S/C11H22N2O2.ClH/c1-8-5-11(2,3)13(7-8)10(14)9(6-12)15-4;/h8-9H,5-7,12H2,1-4H3;1H. The minimum absolute atomic E-state index is 0. The van der Waals surface area contributed by atoms with E-state index in [0.29, 0.717) is 5.92 Å². The highest BCUT2D eigenvalue weighted by Crippen LogP contribution is 2.32. The van der Waals surface area contributed by atoms with Crippen LogP contribution in [0.2, 0.25) is 0 Å². The average molecular weight is 251 g/mol. The van der Waals surface area contributed by atoms with Gasteiger partial charge in [0.05, 0.1) is 0 Å². The second-order valence-corrected chi connectivity index (χ2v) is 5.03. The largest absolute Gasteiger partial charge is 0.370 e. The quantitative estimate of drug-likeness (QED) is 0.814. The lowest BCUT2D eigenvalue weighted by molar-refractivity contribution is -0.144. The summed E-state index contributed by atoms with van der Waals surface area (Å²) in [6.45, 7) is 7.41. The molecule has 0 aromatic rings. The highest BCUT2D eigenvalue weighted by atomic mass is 35.5. The first kappa shape index (κ1) is 15.7. The zero-order valence-electron chi connectivity index (χ0n) is 10.5. The molecule has 0 radical (unpaired) electrons. The number of methoxy groups -OCH3 is 1. The number of likely N-dealkylation sites (tertiary alicyclic amines) is 1. The third kappa shape index (κ3) is 3.09. The van der Waals surface area contributed by atoms with Gasteiger partial charge in [-0.3, -0.25) is 4.79 Å². The zero-order valence-corrected chi connectivity index (χ0v) is 11.3. The summed E-state index contributed by atoms with van der Waals surface area (Å²) in [4.78, 5) is 14.0. The van der Waals surface area contributed by atoms with E-state index >= 15 is 0 Å². The summed E-state index contributed by atoms with van der Waals surface area (Å²) in [5.74, 6) is 0.577. The van der Waals surface area contributed by atoms with Crippen molar-refractivity contribution in [1.29, 1.82) is 0 Å². The van der Waals surface area contributed by atoms with Crippen LogP contribution in [0.1, 0.15) is 27.2 Å². The van der Waals surface area contributed by atoms with E-state index in [1.807, 2.05) is 4.90 Å². The maximum absolute atomic E-state index is 12.1. The molecular weight excluding hydrogens is 228 g/mol. The van der Waals surface area contributed by atoms with E-state index in [9.17, 15) is 4.79 Å². The number of amides is 1. The Kier molecular flexibility index (Phi) is 5.73. The van der Waals surface area contributed by atoms with Crippen LogP contribution in [0.5, 0.6) is 0 Å². The average Bonchev–Trinajstić information content (AvgIpc) is 2.41. The van der Waals surface area contributed by atoms with Crippen LogP contribution in [-0.4, -0.2) is 42.6 Å². The van der Waals surface area contributed by atoms with Gasteiger partial charge in [-0.15, -0.1) is 12.4 Å². The zero-order chi connectivity index (χ0) is 11.6. The maximum Gasteiger partial charge on any atom is 0.253 e. The normalized spacial score (nSPS) is 25.1. The van der Waals surface area contributed by atoms with Crippen LogP contribution >= 0.6 is 12.4 Å². The molecular formula is C11H23ClN2O2. The van der Waals surface area contributed by atoms with Crippen LogP contribution in [0.15, 0.2) is 0 Å². The Labute approximate surface area is 104 Å². The predicted octanol–water partition coefficient (Wildman–Crippen LogP) is 1.03. The van der Waals surface area contributed by atoms with Crippen LogP contribution in [-0.2, 0) is 9.53 Å². The van der Waals surface area contributed by atoms with Crippen molar-refractivity contribution in [2.75, 3.05) is 20.2 Å². The molecule has 1 heterocycles. The third-order valence-electron chi connectivity index (χ3n) is 3.11. The number of halogens is 1. The molecule has 1 amide bonds. The van der Waals surface area contributed by atoms with Gasteiger partial charge in [-0.05, 0) is 26.2 Å². The van der Waals surface area contributed by atoms with Crippen molar-refractivity contribution in [2.24, 2.45) is 11.7 Å². The summed E-state index contributed by atoms with van der Waals surface area (Å²) in [5, 5.41) is 0. The van der Waals surface area contributed by atoms with E-state index in [1.54, 1.807) is 0 Å². The Bertz CT molecular complexity index is 242. The van der Waals surface area contributed by atoms with Gasteiger partial charge >= 0.3 is 0 Å². The minimum Gasteiger partial charge on any atom is -0.370 e. The molecule has 0 saturated carbocycles.